The number of nitrogens with zero attached hydrogens (tertiary/aromatic N) is 4. The second-order valence-electron chi connectivity index (χ2n) is 4.20. The molecule has 0 saturated carbocycles. The van der Waals surface area contributed by atoms with Crippen LogP contribution in [-0.4, -0.2) is 31.3 Å². The Kier molecular flexibility index (Phi) is 3.26. The number of nitrogens with one attached hydrogen (secondary N) is 2. The largest absolute Gasteiger partial charge is 0.277 e. The summed E-state index contributed by atoms with van der Waals surface area (Å²) < 4.78 is 2.03. The van der Waals surface area contributed by atoms with Crippen molar-refractivity contribution < 1.29 is 0 Å². The van der Waals surface area contributed by atoms with Gasteiger partial charge in [0.1, 0.15) is 5.82 Å². The molecule has 0 spiro atoms. The van der Waals surface area contributed by atoms with E-state index in [1.54, 1.807) is 17.1 Å². The van der Waals surface area contributed by atoms with Gasteiger partial charge in [-0.2, -0.15) is 20.0 Å². The van der Waals surface area contributed by atoms with Crippen LogP contribution in [-0.2, 0) is 0 Å². The Balaban J connectivity index is 1.98. The van der Waals surface area contributed by atoms with Crippen molar-refractivity contribution >= 4 is 18.4 Å². The van der Waals surface area contributed by atoms with E-state index in [9.17, 15) is 0 Å². The van der Waals surface area contributed by atoms with Crippen molar-refractivity contribution in [3.8, 4) is 11.3 Å². The number of aromatic amines is 2. The van der Waals surface area contributed by atoms with E-state index in [1.165, 1.54) is 0 Å². The minimum atomic E-state index is 0.462. The Morgan fingerprint density at radius 1 is 1.25 bits per heavy atom. The molecule has 1 aromatic carbocycles. The number of aryl methyl sites for hydroxylation is 1. The van der Waals surface area contributed by atoms with Crippen molar-refractivity contribution in [3.05, 3.63) is 52.7 Å². The molecule has 2 heterocycles. The highest BCUT2D eigenvalue weighted by Crippen LogP contribution is 2.19. The number of rotatable bonds is 3. The molecule has 3 rings (SSSR count). The fourth-order valence-corrected chi connectivity index (χ4v) is 2.08. The third-order valence-corrected chi connectivity index (χ3v) is 3.12. The van der Waals surface area contributed by atoms with Gasteiger partial charge in [-0.25, -0.2) is 0 Å². The zero-order valence-corrected chi connectivity index (χ0v) is 11.6. The lowest BCUT2D eigenvalue weighted by Gasteiger charge is -1.99. The summed E-state index contributed by atoms with van der Waals surface area (Å²) in [4.78, 5) is 0. The van der Waals surface area contributed by atoms with Crippen LogP contribution in [0.2, 0.25) is 0 Å². The van der Waals surface area contributed by atoms with Gasteiger partial charge in [-0.3, -0.25) is 10.2 Å². The second kappa shape index (κ2) is 5.22. The summed E-state index contributed by atoms with van der Waals surface area (Å²) in [5.41, 5.74) is 2.86. The van der Waals surface area contributed by atoms with Crippen LogP contribution >= 0.6 is 12.2 Å². The summed E-state index contributed by atoms with van der Waals surface area (Å²) in [5.74, 6) is 0.705. The number of hydrogen-bond acceptors (Lipinski definition) is 4. The predicted octanol–water partition coefficient (Wildman–Crippen LogP) is 2.52. The fraction of sp³-hybridized carbons (Fsp3) is 0.0769. The van der Waals surface area contributed by atoms with Gasteiger partial charge in [0.15, 0.2) is 0 Å². The molecule has 0 saturated heterocycles. The van der Waals surface area contributed by atoms with Crippen molar-refractivity contribution in [2.24, 2.45) is 5.10 Å². The van der Waals surface area contributed by atoms with Gasteiger partial charge in [-0.05, 0) is 19.1 Å². The number of benzene rings is 1. The molecular formula is C13H12N6S. The predicted molar refractivity (Wildman–Crippen MR) is 79.2 cm³/mol. The van der Waals surface area contributed by atoms with Crippen LogP contribution in [0.15, 0.2) is 41.6 Å². The molecule has 0 radical (unpaired) electrons. The maximum absolute atomic E-state index is 5.10. The van der Waals surface area contributed by atoms with E-state index in [1.807, 2.05) is 37.3 Å². The zero-order valence-electron chi connectivity index (χ0n) is 10.7. The van der Waals surface area contributed by atoms with Gasteiger partial charge in [0.2, 0.25) is 4.77 Å². The van der Waals surface area contributed by atoms with Crippen molar-refractivity contribution in [3.63, 3.8) is 0 Å². The Hall–Kier alpha value is -2.54. The molecule has 6 nitrogen and oxygen atoms in total. The minimum absolute atomic E-state index is 0.462. The average Bonchev–Trinajstić information content (AvgIpc) is 3.06. The number of hydrogen-bond donors (Lipinski definition) is 2. The van der Waals surface area contributed by atoms with Gasteiger partial charge in [-0.15, -0.1) is 0 Å². The molecule has 7 heteroatoms. The van der Waals surface area contributed by atoms with Crippen LogP contribution in [0.1, 0.15) is 11.4 Å². The Labute approximate surface area is 120 Å². The number of H-pyrrole nitrogens is 2. The first kappa shape index (κ1) is 12.5. The molecule has 100 valence electrons. The maximum atomic E-state index is 5.10. The smallest absolute Gasteiger partial charge is 0.216 e. The highest BCUT2D eigenvalue weighted by molar-refractivity contribution is 7.71. The van der Waals surface area contributed by atoms with Crippen LogP contribution < -0.4 is 0 Å². The molecule has 3 aromatic rings. The quantitative estimate of drug-likeness (QED) is 0.573. The standard InChI is InChI=1S/C13H12N6S/c1-9-16-18-13(20)19(9)15-8-11-7-14-17-12(11)10-5-3-2-4-6-10/h2-8H,1H3,(H,14,17)(H,18,20)/b15-8+. The van der Waals surface area contributed by atoms with Gasteiger partial charge in [0, 0.05) is 11.1 Å². The van der Waals surface area contributed by atoms with Gasteiger partial charge < -0.3 is 0 Å². The second-order valence-corrected chi connectivity index (χ2v) is 4.59. The topological polar surface area (TPSA) is 74.7 Å². The van der Waals surface area contributed by atoms with E-state index in [4.69, 9.17) is 12.2 Å². The maximum Gasteiger partial charge on any atom is 0.216 e. The highest BCUT2D eigenvalue weighted by Gasteiger charge is 2.05. The summed E-state index contributed by atoms with van der Waals surface area (Å²) in [6.07, 6.45) is 3.44. The lowest BCUT2D eigenvalue weighted by molar-refractivity contribution is 0.821. The van der Waals surface area contributed by atoms with Gasteiger partial charge in [0.25, 0.3) is 0 Å². The molecule has 0 unspecified atom stereocenters. The lowest BCUT2D eigenvalue weighted by atomic mass is 10.1. The Morgan fingerprint density at radius 3 is 2.75 bits per heavy atom. The third-order valence-electron chi connectivity index (χ3n) is 2.86. The van der Waals surface area contributed by atoms with E-state index >= 15 is 0 Å². The zero-order chi connectivity index (χ0) is 13.9. The van der Waals surface area contributed by atoms with Crippen LogP contribution in [0.4, 0.5) is 0 Å². The van der Waals surface area contributed by atoms with Crippen LogP contribution in [0.25, 0.3) is 11.3 Å². The first-order valence-corrected chi connectivity index (χ1v) is 6.43. The van der Waals surface area contributed by atoms with E-state index < -0.39 is 0 Å². The first-order chi connectivity index (χ1) is 9.75. The first-order valence-electron chi connectivity index (χ1n) is 6.03. The molecule has 20 heavy (non-hydrogen) atoms. The van der Waals surface area contributed by atoms with Crippen molar-refractivity contribution in [2.45, 2.75) is 6.92 Å². The van der Waals surface area contributed by atoms with E-state index in [-0.39, 0.29) is 0 Å². The SMILES string of the molecule is Cc1n[nH]c(=S)n1/N=C/c1cn[nH]c1-c1ccccc1. The van der Waals surface area contributed by atoms with E-state index in [0.29, 0.717) is 10.6 Å². The molecule has 0 fully saturated rings. The molecule has 0 aliphatic rings. The van der Waals surface area contributed by atoms with E-state index in [0.717, 1.165) is 16.8 Å². The van der Waals surface area contributed by atoms with E-state index in [2.05, 4.69) is 25.5 Å². The minimum Gasteiger partial charge on any atom is -0.277 e. The van der Waals surface area contributed by atoms with Gasteiger partial charge in [-0.1, -0.05) is 30.3 Å². The third kappa shape index (κ3) is 2.30. The molecule has 0 bridgehead atoms. The van der Waals surface area contributed by atoms with Crippen molar-refractivity contribution in [1.82, 2.24) is 25.1 Å². The summed E-state index contributed by atoms with van der Waals surface area (Å²) >= 11 is 5.10. The summed E-state index contributed by atoms with van der Waals surface area (Å²) in [7, 11) is 0. The van der Waals surface area contributed by atoms with Crippen LogP contribution in [0, 0.1) is 11.7 Å². The molecule has 2 aromatic heterocycles. The molecule has 0 atom stereocenters. The van der Waals surface area contributed by atoms with Crippen molar-refractivity contribution in [2.75, 3.05) is 0 Å². The Morgan fingerprint density at radius 2 is 2.05 bits per heavy atom. The Bertz CT molecular complexity index is 796. The fourth-order valence-electron chi connectivity index (χ4n) is 1.86. The molecule has 0 amide bonds. The van der Waals surface area contributed by atoms with Gasteiger partial charge in [0.05, 0.1) is 18.1 Å². The van der Waals surface area contributed by atoms with Gasteiger partial charge >= 0.3 is 0 Å². The molecule has 0 aliphatic heterocycles. The summed E-state index contributed by atoms with van der Waals surface area (Å²) in [6, 6.07) is 9.96. The summed E-state index contributed by atoms with van der Waals surface area (Å²) in [5, 5.41) is 18.1. The summed E-state index contributed by atoms with van der Waals surface area (Å²) in [6.45, 7) is 1.83. The average molecular weight is 284 g/mol. The highest BCUT2D eigenvalue weighted by atomic mass is 32.1. The van der Waals surface area contributed by atoms with Crippen molar-refractivity contribution in [1.29, 1.82) is 0 Å². The monoisotopic (exact) mass is 284 g/mol. The molecule has 0 aliphatic carbocycles. The van der Waals surface area contributed by atoms with Crippen LogP contribution in [0.5, 0.6) is 0 Å². The lowest BCUT2D eigenvalue weighted by Crippen LogP contribution is -1.94. The molecule has 2 N–H and O–H groups in total. The van der Waals surface area contributed by atoms with Crippen LogP contribution in [0.3, 0.4) is 0 Å². The molecular weight excluding hydrogens is 272 g/mol. The number of aromatic nitrogens is 5. The normalized spacial score (nSPS) is 11.2.